The van der Waals surface area contributed by atoms with E-state index in [-0.39, 0.29) is 10.8 Å². The van der Waals surface area contributed by atoms with E-state index in [2.05, 4.69) is 31.1 Å². The second kappa shape index (κ2) is 5.39. The van der Waals surface area contributed by atoms with Crippen LogP contribution in [0.2, 0.25) is 0 Å². The molecule has 1 aromatic rings. The lowest BCUT2D eigenvalue weighted by Gasteiger charge is -2.58. The van der Waals surface area contributed by atoms with Crippen LogP contribution in [0.5, 0.6) is 0 Å². The molecule has 3 unspecified atom stereocenters. The number of nitrogens with zero attached hydrogens (tertiary/aromatic N) is 2. The Morgan fingerprint density at radius 1 is 1.25 bits per heavy atom. The largest absolute Gasteiger partial charge is 0.385 e. The number of aromatic nitrogens is 2. The summed E-state index contributed by atoms with van der Waals surface area (Å²) in [7, 11) is -3.37. The average molecular weight is 403 g/mol. The third-order valence-electron chi connectivity index (χ3n) is 8.78. The van der Waals surface area contributed by atoms with Crippen LogP contribution in [0.15, 0.2) is 23.9 Å². The molecule has 5 nitrogen and oxygen atoms in total. The molecule has 5 rings (SSSR count). The summed E-state index contributed by atoms with van der Waals surface area (Å²) in [6, 6.07) is 0. The molecule has 1 aromatic heterocycles. The van der Waals surface area contributed by atoms with Gasteiger partial charge in [-0.3, -0.25) is 0 Å². The summed E-state index contributed by atoms with van der Waals surface area (Å²) in [6.07, 6.45) is 14.5. The van der Waals surface area contributed by atoms with Crippen molar-refractivity contribution >= 4 is 16.1 Å². The third kappa shape index (κ3) is 2.28. The molecular formula is C22H30N2O3S. The van der Waals surface area contributed by atoms with Crippen molar-refractivity contribution in [3.8, 4) is 0 Å². The molecule has 0 aliphatic heterocycles. The Kier molecular flexibility index (Phi) is 3.59. The smallest absolute Gasteiger partial charge is 0.250 e. The summed E-state index contributed by atoms with van der Waals surface area (Å²) < 4.78 is 25.0. The molecule has 1 heterocycles. The number of hydrogen-bond acceptors (Lipinski definition) is 4. The van der Waals surface area contributed by atoms with E-state index in [0.717, 1.165) is 47.4 Å². The van der Waals surface area contributed by atoms with Crippen molar-refractivity contribution in [2.45, 2.75) is 58.5 Å². The Hall–Kier alpha value is -1.40. The van der Waals surface area contributed by atoms with Crippen LogP contribution in [-0.2, 0) is 16.4 Å². The van der Waals surface area contributed by atoms with Crippen molar-refractivity contribution in [1.82, 2.24) is 9.19 Å². The first-order valence-corrected chi connectivity index (χ1v) is 12.2. The zero-order valence-electron chi connectivity index (χ0n) is 17.1. The van der Waals surface area contributed by atoms with Gasteiger partial charge in [-0.15, -0.1) is 0 Å². The minimum atomic E-state index is -3.37. The van der Waals surface area contributed by atoms with Crippen molar-refractivity contribution in [3.63, 3.8) is 0 Å². The third-order valence-corrected chi connectivity index (χ3v) is 9.65. The molecule has 0 aromatic carbocycles. The zero-order valence-corrected chi connectivity index (χ0v) is 18.0. The van der Waals surface area contributed by atoms with Gasteiger partial charge < -0.3 is 5.11 Å². The molecule has 2 saturated carbocycles. The van der Waals surface area contributed by atoms with E-state index >= 15 is 0 Å². The van der Waals surface area contributed by atoms with Crippen LogP contribution in [0, 0.1) is 28.6 Å². The Labute approximate surface area is 167 Å². The molecule has 6 atom stereocenters. The summed E-state index contributed by atoms with van der Waals surface area (Å²) in [6.45, 7) is 6.60. The monoisotopic (exact) mass is 402 g/mol. The Morgan fingerprint density at radius 2 is 2.00 bits per heavy atom. The van der Waals surface area contributed by atoms with Crippen molar-refractivity contribution in [3.05, 3.63) is 35.2 Å². The van der Waals surface area contributed by atoms with Crippen LogP contribution in [0.1, 0.15) is 57.7 Å². The fraction of sp³-hybridized carbons (Fsp3) is 0.682. The molecule has 0 spiro atoms. The highest BCUT2D eigenvalue weighted by Crippen LogP contribution is 2.65. The lowest BCUT2D eigenvalue weighted by Crippen LogP contribution is -2.54. The lowest BCUT2D eigenvalue weighted by atomic mass is 9.46. The van der Waals surface area contributed by atoms with Crippen LogP contribution in [0.4, 0.5) is 0 Å². The van der Waals surface area contributed by atoms with Crippen LogP contribution >= 0.6 is 0 Å². The SMILES string of the molecule is C[C@]12Cc3cn(S(C)(=O)=O)nc3C=C1CCC1C2CC[C@@]2(C)C1C=C[C@]2(C)O. The molecule has 28 heavy (non-hydrogen) atoms. The van der Waals surface area contributed by atoms with E-state index in [1.165, 1.54) is 11.8 Å². The average Bonchev–Trinajstić information content (AvgIpc) is 3.10. The van der Waals surface area contributed by atoms with E-state index < -0.39 is 15.6 Å². The molecule has 6 heteroatoms. The Balaban J connectivity index is 1.53. The van der Waals surface area contributed by atoms with E-state index in [4.69, 9.17) is 0 Å². The van der Waals surface area contributed by atoms with Crippen molar-refractivity contribution in [2.75, 3.05) is 6.26 Å². The molecule has 4 aliphatic carbocycles. The summed E-state index contributed by atoms with van der Waals surface area (Å²) in [5.41, 5.74) is 2.53. The quantitative estimate of drug-likeness (QED) is 0.731. The standard InChI is InChI=1S/C22H30N2O3S/c1-20-12-14-13-24(28(4,26)27)23-19(14)11-15(20)5-6-16-17(20)7-9-21(2)18(16)8-10-22(21,3)25/h8,10-11,13,16-18,25H,5-7,9,12H2,1-4H3/t16?,17?,18?,20-,21-,22-/m0/s1. The molecule has 4 aliphatic rings. The predicted molar refractivity (Wildman–Crippen MR) is 109 cm³/mol. The van der Waals surface area contributed by atoms with Crippen LogP contribution < -0.4 is 0 Å². The van der Waals surface area contributed by atoms with Gasteiger partial charge in [0.05, 0.1) is 17.6 Å². The first-order chi connectivity index (χ1) is 13.0. The van der Waals surface area contributed by atoms with Gasteiger partial charge in [0, 0.05) is 11.6 Å². The predicted octanol–water partition coefficient (Wildman–Crippen LogP) is 3.40. The van der Waals surface area contributed by atoms with Gasteiger partial charge in [-0.1, -0.05) is 31.6 Å². The highest BCUT2D eigenvalue weighted by molar-refractivity contribution is 7.89. The minimum absolute atomic E-state index is 0.0465. The Bertz CT molecular complexity index is 1020. The highest BCUT2D eigenvalue weighted by atomic mass is 32.2. The van der Waals surface area contributed by atoms with E-state index in [9.17, 15) is 13.5 Å². The van der Waals surface area contributed by atoms with Gasteiger partial charge >= 0.3 is 0 Å². The molecule has 0 saturated heterocycles. The number of aliphatic hydroxyl groups is 1. The van der Waals surface area contributed by atoms with Gasteiger partial charge in [-0.05, 0) is 73.8 Å². The molecular weight excluding hydrogens is 372 g/mol. The first-order valence-electron chi connectivity index (χ1n) is 10.4. The maximum absolute atomic E-state index is 11.9. The fourth-order valence-corrected chi connectivity index (χ4v) is 7.43. The van der Waals surface area contributed by atoms with Crippen LogP contribution in [0.25, 0.3) is 6.08 Å². The number of hydrogen-bond donors (Lipinski definition) is 1. The maximum Gasteiger partial charge on any atom is 0.250 e. The second-order valence-electron chi connectivity index (χ2n) is 10.2. The Morgan fingerprint density at radius 3 is 2.71 bits per heavy atom. The molecule has 1 N–H and O–H groups in total. The summed E-state index contributed by atoms with van der Waals surface area (Å²) in [4.78, 5) is 0. The van der Waals surface area contributed by atoms with Crippen LogP contribution in [-0.4, -0.2) is 34.6 Å². The second-order valence-corrected chi connectivity index (χ2v) is 12.1. The summed E-state index contributed by atoms with van der Waals surface area (Å²) in [5.74, 6) is 1.54. The van der Waals surface area contributed by atoms with Crippen molar-refractivity contribution in [2.24, 2.45) is 28.6 Å². The van der Waals surface area contributed by atoms with Crippen LogP contribution in [0.3, 0.4) is 0 Å². The summed E-state index contributed by atoms with van der Waals surface area (Å²) >= 11 is 0. The van der Waals surface area contributed by atoms with Gasteiger partial charge in [-0.2, -0.15) is 9.19 Å². The number of rotatable bonds is 1. The fourth-order valence-electron chi connectivity index (χ4n) is 6.87. The molecule has 0 radical (unpaired) electrons. The van der Waals surface area contributed by atoms with Gasteiger partial charge in [0.25, 0.3) is 10.0 Å². The van der Waals surface area contributed by atoms with Gasteiger partial charge in [-0.25, -0.2) is 8.42 Å². The van der Waals surface area contributed by atoms with E-state index in [1.807, 2.05) is 13.0 Å². The molecule has 0 bridgehead atoms. The van der Waals surface area contributed by atoms with Gasteiger partial charge in [0.1, 0.15) is 0 Å². The molecule has 2 fully saturated rings. The number of allylic oxidation sites excluding steroid dienone is 2. The van der Waals surface area contributed by atoms with Gasteiger partial charge in [0.2, 0.25) is 0 Å². The minimum Gasteiger partial charge on any atom is -0.385 e. The van der Waals surface area contributed by atoms with E-state index in [0.29, 0.717) is 17.8 Å². The van der Waals surface area contributed by atoms with Gasteiger partial charge in [0.15, 0.2) is 0 Å². The molecule has 152 valence electrons. The highest BCUT2D eigenvalue weighted by Gasteiger charge is 2.60. The maximum atomic E-state index is 11.9. The summed E-state index contributed by atoms with van der Waals surface area (Å²) in [5, 5.41) is 15.3. The normalized spacial score (nSPS) is 44.3. The van der Waals surface area contributed by atoms with E-state index in [1.54, 1.807) is 6.20 Å². The zero-order chi connectivity index (χ0) is 20.1. The topological polar surface area (TPSA) is 72.2 Å². The lowest BCUT2D eigenvalue weighted by molar-refractivity contribution is -0.104. The molecule has 0 amide bonds. The number of fused-ring (bicyclic) bond motifs is 6. The van der Waals surface area contributed by atoms with Crippen molar-refractivity contribution < 1.29 is 13.5 Å². The first kappa shape index (κ1) is 18.6. The van der Waals surface area contributed by atoms with Crippen molar-refractivity contribution in [1.29, 1.82) is 0 Å².